The van der Waals surface area contributed by atoms with Crippen LogP contribution >= 0.6 is 11.6 Å². The van der Waals surface area contributed by atoms with E-state index in [1.54, 1.807) is 21.7 Å². The average Bonchev–Trinajstić information content (AvgIpc) is 3.55. The fraction of sp³-hybridized carbons (Fsp3) is 0.387. The summed E-state index contributed by atoms with van der Waals surface area (Å²) in [5, 5.41) is 12.1. The van der Waals surface area contributed by atoms with Crippen molar-refractivity contribution in [3.05, 3.63) is 82.5 Å². The number of benzene rings is 2. The van der Waals surface area contributed by atoms with Crippen molar-refractivity contribution in [2.45, 2.75) is 58.7 Å². The van der Waals surface area contributed by atoms with Crippen LogP contribution in [0.25, 0.3) is 10.9 Å². The van der Waals surface area contributed by atoms with Crippen LogP contribution in [0.4, 0.5) is 0 Å². The third-order valence-electron chi connectivity index (χ3n) is 7.50. The van der Waals surface area contributed by atoms with Crippen molar-refractivity contribution in [1.82, 2.24) is 35.3 Å². The molecule has 3 amide bonds. The van der Waals surface area contributed by atoms with Crippen LogP contribution in [0.2, 0.25) is 5.02 Å². The van der Waals surface area contributed by atoms with Gasteiger partial charge in [-0.25, -0.2) is 9.67 Å². The molecule has 2 aromatic heterocycles. The van der Waals surface area contributed by atoms with Gasteiger partial charge >= 0.3 is 0 Å². The topological polar surface area (TPSA) is 125 Å². The van der Waals surface area contributed by atoms with Crippen LogP contribution < -0.4 is 10.6 Å². The third kappa shape index (κ3) is 6.82. The van der Waals surface area contributed by atoms with E-state index in [1.165, 1.54) is 0 Å². The molecule has 0 aliphatic carbocycles. The van der Waals surface area contributed by atoms with Gasteiger partial charge in [-0.15, -0.1) is 0 Å². The van der Waals surface area contributed by atoms with Gasteiger partial charge in [-0.05, 0) is 49.1 Å². The standard InChI is InChI=1S/C31H36ClN7O3/c1-19(2)28-29-33-20(3)37-39(29)15-14-38(31(42)26-18-22-17-23(32)11-12-24(22)34-26)13-7-10-27(40)35-25(30(41)36-28)16-21-8-5-4-6-9-21/h4-6,8-9,11-12,17-19,25,28,34H,7,10,13-16H2,1-3H3,(H,35,40)(H,36,41)/t25-,28+/m0/s1. The van der Waals surface area contributed by atoms with Crippen LogP contribution in [-0.4, -0.2) is 61.5 Å². The SMILES string of the molecule is Cc1nc2n(n1)CCN(C(=O)c1cc3cc(Cl)ccc3[nH]1)CCCC(=O)N[C@@H](Cc1ccccc1)C(=O)N[C@@H]2C(C)C. The first-order valence-corrected chi connectivity index (χ1v) is 14.7. The molecule has 0 radical (unpaired) electrons. The molecular formula is C31H36ClN7O3. The van der Waals surface area contributed by atoms with Crippen molar-refractivity contribution in [3.8, 4) is 0 Å². The van der Waals surface area contributed by atoms with Gasteiger partial charge in [0.25, 0.3) is 5.91 Å². The van der Waals surface area contributed by atoms with Gasteiger partial charge in [-0.1, -0.05) is 55.8 Å². The molecule has 11 heteroatoms. The summed E-state index contributed by atoms with van der Waals surface area (Å²) in [5.74, 6) is 0.498. The molecule has 1 aliphatic rings. The minimum atomic E-state index is -0.766. The molecule has 4 aromatic rings. The van der Waals surface area contributed by atoms with E-state index in [4.69, 9.17) is 11.6 Å². The van der Waals surface area contributed by atoms with E-state index >= 15 is 0 Å². The van der Waals surface area contributed by atoms with Crippen molar-refractivity contribution in [1.29, 1.82) is 0 Å². The minimum absolute atomic E-state index is 0.00631. The van der Waals surface area contributed by atoms with Crippen LogP contribution in [0.15, 0.2) is 54.6 Å². The number of rotatable bonds is 4. The van der Waals surface area contributed by atoms with Crippen LogP contribution in [0.3, 0.4) is 0 Å². The van der Waals surface area contributed by atoms with Crippen molar-refractivity contribution in [3.63, 3.8) is 0 Å². The third-order valence-corrected chi connectivity index (χ3v) is 7.73. The normalized spacial score (nSPS) is 18.8. The Morgan fingerprint density at radius 1 is 1.05 bits per heavy atom. The number of nitrogens with one attached hydrogen (secondary N) is 3. The molecule has 0 saturated carbocycles. The summed E-state index contributed by atoms with van der Waals surface area (Å²) in [7, 11) is 0. The van der Waals surface area contributed by atoms with Gasteiger partial charge in [0.2, 0.25) is 11.8 Å². The summed E-state index contributed by atoms with van der Waals surface area (Å²) in [4.78, 5) is 50.0. The summed E-state index contributed by atoms with van der Waals surface area (Å²) in [5.41, 5.74) is 2.21. The Balaban J connectivity index is 1.45. The maximum atomic E-state index is 13.7. The van der Waals surface area contributed by atoms with Gasteiger partial charge < -0.3 is 20.5 Å². The summed E-state index contributed by atoms with van der Waals surface area (Å²) >= 11 is 6.16. The molecule has 10 nitrogen and oxygen atoms in total. The highest BCUT2D eigenvalue weighted by Crippen LogP contribution is 2.23. The summed E-state index contributed by atoms with van der Waals surface area (Å²) in [6.07, 6.45) is 0.955. The number of aromatic amines is 1. The second-order valence-electron chi connectivity index (χ2n) is 11.1. The number of halogens is 1. The Morgan fingerprint density at radius 2 is 1.83 bits per heavy atom. The number of H-pyrrole nitrogens is 1. The predicted molar refractivity (Wildman–Crippen MR) is 161 cm³/mol. The van der Waals surface area contributed by atoms with Gasteiger partial charge in [0, 0.05) is 41.9 Å². The zero-order valence-electron chi connectivity index (χ0n) is 24.1. The monoisotopic (exact) mass is 589 g/mol. The number of aromatic nitrogens is 4. The summed E-state index contributed by atoms with van der Waals surface area (Å²) < 4.78 is 1.78. The largest absolute Gasteiger partial charge is 0.351 e. The first-order valence-electron chi connectivity index (χ1n) is 14.3. The first-order chi connectivity index (χ1) is 20.2. The van der Waals surface area contributed by atoms with Crippen LogP contribution in [0, 0.1) is 12.8 Å². The first kappa shape index (κ1) is 29.3. The molecule has 2 aromatic carbocycles. The molecule has 0 saturated heterocycles. The molecule has 0 spiro atoms. The molecule has 2 atom stereocenters. The van der Waals surface area contributed by atoms with Gasteiger partial charge in [-0.2, -0.15) is 5.10 Å². The fourth-order valence-corrected chi connectivity index (χ4v) is 5.51. The number of carbonyl (C=O) groups is 3. The van der Waals surface area contributed by atoms with E-state index in [1.807, 2.05) is 63.2 Å². The van der Waals surface area contributed by atoms with Crippen LogP contribution in [0.5, 0.6) is 0 Å². The second-order valence-corrected chi connectivity index (χ2v) is 11.5. The van der Waals surface area contributed by atoms with Gasteiger partial charge in [0.05, 0.1) is 12.6 Å². The van der Waals surface area contributed by atoms with Crippen LogP contribution in [0.1, 0.15) is 60.4 Å². The van der Waals surface area contributed by atoms with Crippen molar-refractivity contribution >= 4 is 40.2 Å². The van der Waals surface area contributed by atoms with E-state index in [2.05, 4.69) is 25.7 Å². The van der Waals surface area contributed by atoms with Crippen molar-refractivity contribution < 1.29 is 14.4 Å². The highest BCUT2D eigenvalue weighted by atomic mass is 35.5. The fourth-order valence-electron chi connectivity index (χ4n) is 5.33. The summed E-state index contributed by atoms with van der Waals surface area (Å²) in [6, 6.07) is 15.6. The molecular weight excluding hydrogens is 554 g/mol. The number of hydrogen-bond donors (Lipinski definition) is 3. The average molecular weight is 590 g/mol. The van der Waals surface area contributed by atoms with E-state index in [9.17, 15) is 14.4 Å². The molecule has 0 fully saturated rings. The molecule has 0 bridgehead atoms. The zero-order chi connectivity index (χ0) is 29.8. The van der Waals surface area contributed by atoms with E-state index in [0.717, 1.165) is 16.5 Å². The molecule has 3 N–H and O–H groups in total. The molecule has 220 valence electrons. The van der Waals surface area contributed by atoms with Gasteiger partial charge in [0.1, 0.15) is 23.4 Å². The smallest absolute Gasteiger partial charge is 0.270 e. The number of nitrogens with zero attached hydrogens (tertiary/aromatic N) is 4. The Kier molecular flexibility index (Phi) is 8.91. The summed E-state index contributed by atoms with van der Waals surface area (Å²) in [6.45, 7) is 6.91. The van der Waals surface area contributed by atoms with Crippen molar-refractivity contribution in [2.75, 3.05) is 13.1 Å². The van der Waals surface area contributed by atoms with E-state index < -0.39 is 12.1 Å². The minimum Gasteiger partial charge on any atom is -0.351 e. The van der Waals surface area contributed by atoms with E-state index in [-0.39, 0.29) is 30.1 Å². The lowest BCUT2D eigenvalue weighted by Crippen LogP contribution is -2.50. The van der Waals surface area contributed by atoms with E-state index in [0.29, 0.717) is 54.8 Å². The van der Waals surface area contributed by atoms with Gasteiger partial charge in [0.15, 0.2) is 0 Å². The maximum Gasteiger partial charge on any atom is 0.270 e. The lowest BCUT2D eigenvalue weighted by molar-refractivity contribution is -0.129. The number of amides is 3. The zero-order valence-corrected chi connectivity index (χ0v) is 24.8. The Morgan fingerprint density at radius 3 is 2.60 bits per heavy atom. The molecule has 5 rings (SSSR count). The van der Waals surface area contributed by atoms with Crippen molar-refractivity contribution in [2.24, 2.45) is 5.92 Å². The second kappa shape index (κ2) is 12.8. The Bertz CT molecular complexity index is 1580. The number of fused-ring (bicyclic) bond motifs is 2. The number of aryl methyl sites for hydroxylation is 1. The molecule has 42 heavy (non-hydrogen) atoms. The number of hydrogen-bond acceptors (Lipinski definition) is 5. The lowest BCUT2D eigenvalue weighted by Gasteiger charge is -2.28. The molecule has 3 heterocycles. The maximum absolute atomic E-state index is 13.7. The lowest BCUT2D eigenvalue weighted by atomic mass is 10.0. The van der Waals surface area contributed by atoms with Crippen LogP contribution in [-0.2, 0) is 22.6 Å². The highest BCUT2D eigenvalue weighted by molar-refractivity contribution is 6.31. The molecule has 0 unspecified atom stereocenters. The van der Waals surface area contributed by atoms with Gasteiger partial charge in [-0.3, -0.25) is 14.4 Å². The predicted octanol–water partition coefficient (Wildman–Crippen LogP) is 4.20. The Hall–Kier alpha value is -4.18. The number of carbonyl (C=O) groups excluding carboxylic acids is 3. The molecule has 1 aliphatic heterocycles. The Labute approximate surface area is 249 Å². The highest BCUT2D eigenvalue weighted by Gasteiger charge is 2.30. The quantitative estimate of drug-likeness (QED) is 0.329.